The van der Waals surface area contributed by atoms with E-state index < -0.39 is 5.60 Å². The molecule has 0 aromatic carbocycles. The van der Waals surface area contributed by atoms with Gasteiger partial charge in [0.2, 0.25) is 0 Å². The summed E-state index contributed by atoms with van der Waals surface area (Å²) in [6.45, 7) is 9.38. The van der Waals surface area contributed by atoms with Gasteiger partial charge in [-0.15, -0.1) is 11.3 Å². The van der Waals surface area contributed by atoms with Crippen LogP contribution in [0.2, 0.25) is 0 Å². The van der Waals surface area contributed by atoms with Gasteiger partial charge in [0.05, 0.1) is 22.6 Å². The average Bonchev–Trinajstić information content (AvgIpc) is 3.20. The molecule has 7 nitrogen and oxygen atoms in total. The molecule has 0 amide bonds. The van der Waals surface area contributed by atoms with Crippen LogP contribution in [-0.2, 0) is 12.2 Å². The molecule has 0 saturated carbocycles. The minimum atomic E-state index is -1.17. The lowest BCUT2D eigenvalue weighted by Crippen LogP contribution is -2.23. The van der Waals surface area contributed by atoms with E-state index in [4.69, 9.17) is 4.74 Å². The summed E-state index contributed by atoms with van der Waals surface area (Å²) >= 11 is 1.68. The fraction of sp³-hybridized carbons (Fsp3) is 0.280. The van der Waals surface area contributed by atoms with E-state index in [-0.39, 0.29) is 5.56 Å². The Morgan fingerprint density at radius 2 is 1.82 bits per heavy atom. The molecule has 4 aromatic rings. The van der Waals surface area contributed by atoms with Crippen molar-refractivity contribution in [2.45, 2.75) is 46.8 Å². The number of hydrogen-bond donors (Lipinski definition) is 1. The summed E-state index contributed by atoms with van der Waals surface area (Å²) in [5, 5.41) is 12.3. The number of ether oxygens (including phenoxy) is 1. The van der Waals surface area contributed by atoms with Gasteiger partial charge in [-0.3, -0.25) is 14.3 Å². The first-order valence-electron chi connectivity index (χ1n) is 10.6. The minimum absolute atomic E-state index is 0.150. The maximum atomic E-state index is 13.3. The second-order valence-corrected chi connectivity index (χ2v) is 9.61. The van der Waals surface area contributed by atoms with Crippen molar-refractivity contribution in [2.75, 3.05) is 0 Å². The highest BCUT2D eigenvalue weighted by Crippen LogP contribution is 2.24. The molecule has 0 fully saturated rings. The fourth-order valence-electron chi connectivity index (χ4n) is 3.50. The highest BCUT2D eigenvalue weighted by molar-refractivity contribution is 7.10. The predicted octanol–water partition coefficient (Wildman–Crippen LogP) is 4.48. The van der Waals surface area contributed by atoms with Crippen LogP contribution < -0.4 is 10.3 Å². The largest absolute Gasteiger partial charge is 0.488 e. The second-order valence-electron chi connectivity index (χ2n) is 8.49. The van der Waals surface area contributed by atoms with Gasteiger partial charge in [0.25, 0.3) is 5.56 Å². The van der Waals surface area contributed by atoms with Gasteiger partial charge in [0, 0.05) is 34.6 Å². The first-order valence-corrected chi connectivity index (χ1v) is 11.4. The summed E-state index contributed by atoms with van der Waals surface area (Å²) in [7, 11) is 0. The molecule has 170 valence electrons. The van der Waals surface area contributed by atoms with E-state index >= 15 is 0 Å². The van der Waals surface area contributed by atoms with Gasteiger partial charge in [-0.25, -0.2) is 9.97 Å². The third kappa shape index (κ3) is 4.86. The summed E-state index contributed by atoms with van der Waals surface area (Å²) < 4.78 is 7.61. The van der Waals surface area contributed by atoms with E-state index in [0.29, 0.717) is 40.8 Å². The molecule has 33 heavy (non-hydrogen) atoms. The summed E-state index contributed by atoms with van der Waals surface area (Å²) in [6.07, 6.45) is 3.23. The molecular weight excluding hydrogens is 436 g/mol. The number of rotatable bonds is 6. The van der Waals surface area contributed by atoms with Crippen molar-refractivity contribution in [1.29, 1.82) is 0 Å². The summed E-state index contributed by atoms with van der Waals surface area (Å²) in [5.74, 6) is 0.885. The van der Waals surface area contributed by atoms with Crippen LogP contribution in [0.25, 0.3) is 17.1 Å². The zero-order chi connectivity index (χ0) is 23.8. The molecule has 0 spiro atoms. The molecule has 4 rings (SSSR count). The van der Waals surface area contributed by atoms with Gasteiger partial charge in [0.15, 0.2) is 5.82 Å². The Morgan fingerprint density at radius 3 is 2.52 bits per heavy atom. The lowest BCUT2D eigenvalue weighted by molar-refractivity contribution is 0.0688. The van der Waals surface area contributed by atoms with Crippen molar-refractivity contribution in [1.82, 2.24) is 19.5 Å². The fourth-order valence-corrected chi connectivity index (χ4v) is 4.19. The SMILES string of the molecule is Cc1cc(COc2cc(C)n(-c3ccnc(-c4ccnc(C(C)(C)O)n4)c3)c(=O)c2C)cs1. The first kappa shape index (κ1) is 22.8. The van der Waals surface area contributed by atoms with Crippen LogP contribution >= 0.6 is 11.3 Å². The van der Waals surface area contributed by atoms with Crippen LogP contribution in [-0.4, -0.2) is 24.6 Å². The topological polar surface area (TPSA) is 90.1 Å². The molecule has 0 radical (unpaired) electrons. The number of aromatic nitrogens is 4. The summed E-state index contributed by atoms with van der Waals surface area (Å²) in [5.41, 5.74) is 2.88. The summed E-state index contributed by atoms with van der Waals surface area (Å²) in [6, 6.07) is 9.28. The highest BCUT2D eigenvalue weighted by atomic mass is 32.1. The molecule has 0 unspecified atom stereocenters. The van der Waals surface area contributed by atoms with Crippen molar-refractivity contribution in [3.63, 3.8) is 0 Å². The van der Waals surface area contributed by atoms with E-state index in [1.165, 1.54) is 4.88 Å². The molecule has 0 aliphatic heterocycles. The lowest BCUT2D eigenvalue weighted by Gasteiger charge is -2.17. The van der Waals surface area contributed by atoms with Gasteiger partial charge in [0.1, 0.15) is 18.0 Å². The number of aliphatic hydroxyl groups is 1. The van der Waals surface area contributed by atoms with Gasteiger partial charge >= 0.3 is 0 Å². The van der Waals surface area contributed by atoms with Gasteiger partial charge < -0.3 is 9.84 Å². The van der Waals surface area contributed by atoms with Gasteiger partial charge in [-0.2, -0.15) is 0 Å². The molecule has 0 saturated heterocycles. The minimum Gasteiger partial charge on any atom is -0.488 e. The van der Waals surface area contributed by atoms with Crippen molar-refractivity contribution < 1.29 is 9.84 Å². The Morgan fingerprint density at radius 1 is 1.06 bits per heavy atom. The Hall–Kier alpha value is -3.36. The molecule has 4 heterocycles. The Bertz CT molecular complexity index is 1370. The quantitative estimate of drug-likeness (QED) is 0.454. The normalized spacial score (nSPS) is 11.6. The van der Waals surface area contributed by atoms with Crippen LogP contribution in [0.4, 0.5) is 0 Å². The summed E-state index contributed by atoms with van der Waals surface area (Å²) in [4.78, 5) is 27.5. The van der Waals surface area contributed by atoms with Crippen LogP contribution in [0.15, 0.2) is 52.9 Å². The Kier molecular flexibility index (Phi) is 6.14. The third-order valence-electron chi connectivity index (χ3n) is 5.23. The van der Waals surface area contributed by atoms with Crippen LogP contribution in [0, 0.1) is 20.8 Å². The van der Waals surface area contributed by atoms with Crippen molar-refractivity contribution in [3.05, 3.63) is 86.0 Å². The van der Waals surface area contributed by atoms with Crippen molar-refractivity contribution in [3.8, 4) is 22.8 Å². The van der Waals surface area contributed by atoms with E-state index in [1.807, 2.05) is 13.0 Å². The number of pyridine rings is 2. The Balaban J connectivity index is 1.69. The van der Waals surface area contributed by atoms with E-state index in [9.17, 15) is 9.90 Å². The molecule has 8 heteroatoms. The first-order chi connectivity index (χ1) is 15.6. The van der Waals surface area contributed by atoms with Crippen LogP contribution in [0.5, 0.6) is 5.75 Å². The van der Waals surface area contributed by atoms with Crippen LogP contribution in [0.1, 0.15) is 41.4 Å². The zero-order valence-electron chi connectivity index (χ0n) is 19.3. The number of thiophene rings is 1. The molecule has 0 aliphatic carbocycles. The molecule has 4 aromatic heterocycles. The Labute approximate surface area is 196 Å². The zero-order valence-corrected chi connectivity index (χ0v) is 20.1. The standard InChI is InChI=1S/C25H26N4O3S/c1-15-10-22(32-13-18-11-16(2)33-14-18)17(3)23(30)29(15)19-6-8-26-21(12-19)20-7-9-27-24(28-20)25(4,5)31/h6-12,14,31H,13H2,1-5H3. The van der Waals surface area contributed by atoms with E-state index in [2.05, 4.69) is 33.3 Å². The predicted molar refractivity (Wildman–Crippen MR) is 129 cm³/mol. The highest BCUT2D eigenvalue weighted by Gasteiger charge is 2.20. The number of aryl methyl sites for hydroxylation is 2. The molecule has 0 bridgehead atoms. The van der Waals surface area contributed by atoms with Gasteiger partial charge in [-0.05, 0) is 64.3 Å². The molecular formula is C25H26N4O3S. The molecule has 0 aliphatic rings. The number of hydrogen-bond acceptors (Lipinski definition) is 7. The van der Waals surface area contributed by atoms with Crippen molar-refractivity contribution >= 4 is 11.3 Å². The van der Waals surface area contributed by atoms with Crippen LogP contribution in [0.3, 0.4) is 0 Å². The van der Waals surface area contributed by atoms with Gasteiger partial charge in [-0.1, -0.05) is 0 Å². The number of nitrogens with zero attached hydrogens (tertiary/aromatic N) is 4. The molecule has 1 N–H and O–H groups in total. The molecule has 0 atom stereocenters. The maximum absolute atomic E-state index is 13.3. The van der Waals surface area contributed by atoms with E-state index in [0.717, 1.165) is 11.3 Å². The van der Waals surface area contributed by atoms with E-state index in [1.54, 1.807) is 67.3 Å². The average molecular weight is 463 g/mol. The van der Waals surface area contributed by atoms with Crippen molar-refractivity contribution in [2.24, 2.45) is 0 Å². The second kappa shape index (κ2) is 8.88. The third-order valence-corrected chi connectivity index (χ3v) is 6.14. The lowest BCUT2D eigenvalue weighted by atomic mass is 10.1. The monoisotopic (exact) mass is 462 g/mol. The smallest absolute Gasteiger partial charge is 0.261 e. The maximum Gasteiger partial charge on any atom is 0.261 e.